The molecule has 4 aromatic rings. The van der Waals surface area contributed by atoms with Crippen molar-refractivity contribution in [1.29, 1.82) is 0 Å². The lowest BCUT2D eigenvalue weighted by Crippen LogP contribution is -2.27. The number of hydrogen-bond donors (Lipinski definition) is 1. The topological polar surface area (TPSA) is 49.0 Å². The smallest absolute Gasteiger partial charge is 0.228 e. The zero-order valence-corrected chi connectivity index (χ0v) is 14.1. The van der Waals surface area contributed by atoms with Crippen molar-refractivity contribution in [2.45, 2.75) is 13.0 Å². The van der Waals surface area contributed by atoms with E-state index in [1.54, 1.807) is 4.90 Å². The highest BCUT2D eigenvalue weighted by atomic mass is 16.2. The minimum atomic E-state index is 0.0718. The fourth-order valence-electron chi connectivity index (χ4n) is 3.13. The number of likely N-dealkylation sites (N-methyl/N-ethyl adjacent to an activating group) is 1. The van der Waals surface area contributed by atoms with E-state index in [1.165, 1.54) is 10.8 Å². The predicted octanol–water partition coefficient (Wildman–Crippen LogP) is 3.92. The van der Waals surface area contributed by atoms with Gasteiger partial charge in [-0.1, -0.05) is 54.6 Å². The van der Waals surface area contributed by atoms with E-state index < -0.39 is 0 Å². The van der Waals surface area contributed by atoms with Crippen LogP contribution in [0.5, 0.6) is 0 Å². The quantitative estimate of drug-likeness (QED) is 0.617. The molecule has 1 heterocycles. The molecule has 0 aliphatic heterocycles. The Labute approximate surface area is 146 Å². The minimum Gasteiger partial charge on any atom is -0.341 e. The van der Waals surface area contributed by atoms with Crippen molar-refractivity contribution >= 4 is 27.6 Å². The first-order valence-electron chi connectivity index (χ1n) is 8.34. The molecule has 4 nitrogen and oxygen atoms in total. The Morgan fingerprint density at radius 2 is 1.76 bits per heavy atom. The van der Waals surface area contributed by atoms with Gasteiger partial charge in [-0.05, 0) is 28.5 Å². The molecule has 1 amide bonds. The second kappa shape index (κ2) is 6.40. The van der Waals surface area contributed by atoms with E-state index in [4.69, 9.17) is 0 Å². The average Bonchev–Trinajstić information content (AvgIpc) is 3.04. The van der Waals surface area contributed by atoms with Crippen LogP contribution in [0.25, 0.3) is 21.7 Å². The molecule has 0 radical (unpaired) electrons. The van der Waals surface area contributed by atoms with Gasteiger partial charge in [0.15, 0.2) is 0 Å². The number of nitrogens with zero attached hydrogens (tertiary/aromatic N) is 2. The molecule has 4 rings (SSSR count). The third-order valence-corrected chi connectivity index (χ3v) is 4.53. The second-order valence-electron chi connectivity index (χ2n) is 6.33. The molecular weight excluding hydrogens is 310 g/mol. The Bertz CT molecular complexity index is 1050. The summed E-state index contributed by atoms with van der Waals surface area (Å²) >= 11 is 0. The monoisotopic (exact) mass is 329 g/mol. The highest BCUT2D eigenvalue weighted by Crippen LogP contribution is 2.18. The largest absolute Gasteiger partial charge is 0.341 e. The number of H-pyrrole nitrogens is 1. The van der Waals surface area contributed by atoms with Gasteiger partial charge < -0.3 is 4.90 Å². The van der Waals surface area contributed by atoms with Gasteiger partial charge >= 0.3 is 0 Å². The van der Waals surface area contributed by atoms with Gasteiger partial charge in [0, 0.05) is 19.0 Å². The lowest BCUT2D eigenvalue weighted by Gasteiger charge is -2.17. The van der Waals surface area contributed by atoms with Gasteiger partial charge in [0.05, 0.1) is 17.6 Å². The maximum absolute atomic E-state index is 12.6. The van der Waals surface area contributed by atoms with Gasteiger partial charge in [-0.15, -0.1) is 0 Å². The zero-order valence-electron chi connectivity index (χ0n) is 14.1. The molecule has 0 bridgehead atoms. The maximum atomic E-state index is 12.6. The van der Waals surface area contributed by atoms with Crippen molar-refractivity contribution in [3.05, 3.63) is 78.0 Å². The van der Waals surface area contributed by atoms with E-state index >= 15 is 0 Å². The standard InChI is InChI=1S/C21H19N3O/c1-24(14-15-10-11-16-6-2-3-7-17(16)12-15)21(25)13-20-18-8-4-5-9-19(18)22-23-20/h2-12H,13-14H2,1H3,(H,22,23). The van der Waals surface area contributed by atoms with Crippen LogP contribution in [0.2, 0.25) is 0 Å². The summed E-state index contributed by atoms with van der Waals surface area (Å²) in [5.41, 5.74) is 2.89. The number of amides is 1. The number of nitrogens with one attached hydrogen (secondary N) is 1. The molecule has 4 heteroatoms. The lowest BCUT2D eigenvalue weighted by atomic mass is 10.1. The Kier molecular flexibility index (Phi) is 3.94. The van der Waals surface area contributed by atoms with Crippen LogP contribution in [-0.4, -0.2) is 28.1 Å². The van der Waals surface area contributed by atoms with Gasteiger partial charge in [-0.2, -0.15) is 5.10 Å². The summed E-state index contributed by atoms with van der Waals surface area (Å²) in [5, 5.41) is 10.7. The van der Waals surface area contributed by atoms with Crippen molar-refractivity contribution < 1.29 is 4.79 Å². The number of rotatable bonds is 4. The summed E-state index contributed by atoms with van der Waals surface area (Å²) in [6.07, 6.45) is 0.324. The number of aromatic nitrogens is 2. The summed E-state index contributed by atoms with van der Waals surface area (Å²) in [6.45, 7) is 0.593. The molecule has 0 aliphatic rings. The van der Waals surface area contributed by atoms with Crippen molar-refractivity contribution in [3.8, 4) is 0 Å². The molecule has 25 heavy (non-hydrogen) atoms. The van der Waals surface area contributed by atoms with Crippen molar-refractivity contribution in [3.63, 3.8) is 0 Å². The molecule has 0 saturated heterocycles. The van der Waals surface area contributed by atoms with Gasteiger partial charge in [0.1, 0.15) is 0 Å². The molecule has 0 fully saturated rings. The third kappa shape index (κ3) is 3.11. The molecule has 0 spiro atoms. The number of hydrogen-bond acceptors (Lipinski definition) is 2. The SMILES string of the molecule is CN(Cc1ccc2ccccc2c1)C(=O)Cc1[nH]nc2ccccc12. The van der Waals surface area contributed by atoms with Crippen LogP contribution in [-0.2, 0) is 17.8 Å². The van der Waals surface area contributed by atoms with E-state index in [1.807, 2.05) is 43.4 Å². The van der Waals surface area contributed by atoms with Crippen molar-refractivity contribution in [1.82, 2.24) is 15.1 Å². The van der Waals surface area contributed by atoms with E-state index in [9.17, 15) is 4.79 Å². The fraction of sp³-hybridized carbons (Fsp3) is 0.143. The molecule has 0 atom stereocenters. The third-order valence-electron chi connectivity index (χ3n) is 4.53. The molecule has 1 aromatic heterocycles. The predicted molar refractivity (Wildman–Crippen MR) is 100 cm³/mol. The van der Waals surface area contributed by atoms with E-state index in [2.05, 4.69) is 40.5 Å². The number of benzene rings is 3. The Morgan fingerprint density at radius 3 is 2.64 bits per heavy atom. The Morgan fingerprint density at radius 1 is 1.00 bits per heavy atom. The number of para-hydroxylation sites is 1. The van der Waals surface area contributed by atoms with E-state index in [-0.39, 0.29) is 5.91 Å². The van der Waals surface area contributed by atoms with Gasteiger partial charge in [-0.3, -0.25) is 9.89 Å². The summed E-state index contributed by atoms with van der Waals surface area (Å²) in [6, 6.07) is 22.4. The number of aromatic amines is 1. The normalized spacial score (nSPS) is 11.1. The average molecular weight is 329 g/mol. The van der Waals surface area contributed by atoms with Crippen LogP contribution >= 0.6 is 0 Å². The molecule has 0 aliphatic carbocycles. The Balaban J connectivity index is 1.49. The Hall–Kier alpha value is -3.14. The number of carbonyl (C=O) groups is 1. The molecular formula is C21H19N3O. The first-order chi connectivity index (χ1) is 12.2. The second-order valence-corrected chi connectivity index (χ2v) is 6.33. The molecule has 1 N–H and O–H groups in total. The van der Waals surface area contributed by atoms with E-state index in [0.717, 1.165) is 22.2 Å². The fourth-order valence-corrected chi connectivity index (χ4v) is 3.13. The summed E-state index contributed by atoms with van der Waals surface area (Å²) in [7, 11) is 1.84. The summed E-state index contributed by atoms with van der Waals surface area (Å²) < 4.78 is 0. The first-order valence-corrected chi connectivity index (χ1v) is 8.34. The highest BCUT2D eigenvalue weighted by Gasteiger charge is 2.14. The number of fused-ring (bicyclic) bond motifs is 2. The number of carbonyl (C=O) groups excluding carboxylic acids is 1. The minimum absolute atomic E-state index is 0.0718. The van der Waals surface area contributed by atoms with Crippen LogP contribution in [0.4, 0.5) is 0 Å². The highest BCUT2D eigenvalue weighted by molar-refractivity contribution is 5.87. The van der Waals surface area contributed by atoms with Crippen LogP contribution in [0.1, 0.15) is 11.3 Å². The molecule has 124 valence electrons. The molecule has 0 unspecified atom stereocenters. The summed E-state index contributed by atoms with van der Waals surface area (Å²) in [5.74, 6) is 0.0718. The first kappa shape index (κ1) is 15.4. The lowest BCUT2D eigenvalue weighted by molar-refractivity contribution is -0.129. The van der Waals surface area contributed by atoms with Gasteiger partial charge in [0.2, 0.25) is 5.91 Å². The zero-order chi connectivity index (χ0) is 17.2. The van der Waals surface area contributed by atoms with Crippen LogP contribution in [0.3, 0.4) is 0 Å². The van der Waals surface area contributed by atoms with Crippen molar-refractivity contribution in [2.24, 2.45) is 0 Å². The molecule has 0 saturated carbocycles. The maximum Gasteiger partial charge on any atom is 0.228 e. The van der Waals surface area contributed by atoms with Crippen LogP contribution < -0.4 is 0 Å². The van der Waals surface area contributed by atoms with Gasteiger partial charge in [0.25, 0.3) is 0 Å². The molecule has 3 aromatic carbocycles. The van der Waals surface area contributed by atoms with Crippen LogP contribution in [0, 0.1) is 0 Å². The van der Waals surface area contributed by atoms with Crippen LogP contribution in [0.15, 0.2) is 66.7 Å². The van der Waals surface area contributed by atoms with E-state index in [0.29, 0.717) is 13.0 Å². The summed E-state index contributed by atoms with van der Waals surface area (Å²) in [4.78, 5) is 14.4. The van der Waals surface area contributed by atoms with Gasteiger partial charge in [-0.25, -0.2) is 0 Å². The van der Waals surface area contributed by atoms with Crippen molar-refractivity contribution in [2.75, 3.05) is 7.05 Å².